The van der Waals surface area contributed by atoms with Crippen LogP contribution in [0.4, 0.5) is 11.9 Å². The van der Waals surface area contributed by atoms with Gasteiger partial charge in [0.15, 0.2) is 0 Å². The van der Waals surface area contributed by atoms with Crippen molar-refractivity contribution in [2.75, 3.05) is 51.7 Å². The summed E-state index contributed by atoms with van der Waals surface area (Å²) < 4.78 is 15.5. The molecular formula is C11H21N5O3. The standard InChI is InChI=1S/C11H21N5O3/c1-5-19-11-15-9(12-2)14-10(16-11)13-6-8(18-4)7-17-3/h8H,5-7H2,1-4H3,(H2,12,13,14,15,16). The average Bonchev–Trinajstić information content (AvgIpc) is 2.43. The van der Waals surface area contributed by atoms with Crippen molar-refractivity contribution in [3.8, 4) is 6.01 Å². The topological polar surface area (TPSA) is 90.4 Å². The van der Waals surface area contributed by atoms with Crippen LogP contribution >= 0.6 is 0 Å². The van der Waals surface area contributed by atoms with E-state index in [0.29, 0.717) is 31.7 Å². The van der Waals surface area contributed by atoms with Crippen LogP contribution in [-0.2, 0) is 9.47 Å². The van der Waals surface area contributed by atoms with E-state index in [1.54, 1.807) is 21.3 Å². The van der Waals surface area contributed by atoms with Gasteiger partial charge in [0.2, 0.25) is 11.9 Å². The minimum atomic E-state index is -0.0738. The van der Waals surface area contributed by atoms with E-state index in [1.807, 2.05) is 6.92 Å². The second-order valence-electron chi connectivity index (χ2n) is 3.64. The fourth-order valence-corrected chi connectivity index (χ4v) is 1.34. The van der Waals surface area contributed by atoms with E-state index >= 15 is 0 Å². The molecule has 0 aliphatic carbocycles. The van der Waals surface area contributed by atoms with Crippen molar-refractivity contribution in [2.45, 2.75) is 13.0 Å². The zero-order valence-electron chi connectivity index (χ0n) is 11.8. The number of anilines is 2. The van der Waals surface area contributed by atoms with E-state index in [1.165, 1.54) is 0 Å². The molecule has 0 saturated carbocycles. The molecule has 1 unspecified atom stereocenters. The van der Waals surface area contributed by atoms with Crippen LogP contribution in [0.3, 0.4) is 0 Å². The van der Waals surface area contributed by atoms with E-state index in [2.05, 4.69) is 25.6 Å². The molecule has 0 spiro atoms. The Morgan fingerprint density at radius 1 is 1.16 bits per heavy atom. The molecule has 0 aliphatic rings. The predicted octanol–water partition coefficient (Wildman–Crippen LogP) is 0.385. The van der Waals surface area contributed by atoms with Crippen molar-refractivity contribution in [1.82, 2.24) is 15.0 Å². The summed E-state index contributed by atoms with van der Waals surface area (Å²) in [5.74, 6) is 0.877. The van der Waals surface area contributed by atoms with E-state index < -0.39 is 0 Å². The molecule has 0 fully saturated rings. The molecule has 0 amide bonds. The first-order valence-electron chi connectivity index (χ1n) is 6.05. The molecule has 0 bridgehead atoms. The second kappa shape index (κ2) is 8.44. The van der Waals surface area contributed by atoms with Gasteiger partial charge in [0.05, 0.1) is 19.3 Å². The molecule has 19 heavy (non-hydrogen) atoms. The lowest BCUT2D eigenvalue weighted by atomic mass is 10.4. The molecule has 1 aromatic rings. The lowest BCUT2D eigenvalue weighted by Gasteiger charge is -2.15. The van der Waals surface area contributed by atoms with E-state index in [-0.39, 0.29) is 12.1 Å². The van der Waals surface area contributed by atoms with Gasteiger partial charge in [-0.15, -0.1) is 0 Å². The third-order valence-electron chi connectivity index (χ3n) is 2.29. The summed E-state index contributed by atoms with van der Waals surface area (Å²) in [6.45, 7) is 3.39. The maximum Gasteiger partial charge on any atom is 0.323 e. The number of nitrogens with zero attached hydrogens (tertiary/aromatic N) is 3. The lowest BCUT2D eigenvalue weighted by molar-refractivity contribution is 0.0364. The molecule has 0 aliphatic heterocycles. The summed E-state index contributed by atoms with van der Waals surface area (Å²) in [6.07, 6.45) is -0.0738. The molecule has 108 valence electrons. The van der Waals surface area contributed by atoms with Crippen molar-refractivity contribution in [3.63, 3.8) is 0 Å². The average molecular weight is 271 g/mol. The highest BCUT2D eigenvalue weighted by atomic mass is 16.5. The minimum absolute atomic E-state index is 0.0738. The predicted molar refractivity (Wildman–Crippen MR) is 71.7 cm³/mol. The van der Waals surface area contributed by atoms with Gasteiger partial charge in [-0.3, -0.25) is 0 Å². The second-order valence-corrected chi connectivity index (χ2v) is 3.64. The number of nitrogens with one attached hydrogen (secondary N) is 2. The summed E-state index contributed by atoms with van der Waals surface area (Å²) in [4.78, 5) is 12.4. The zero-order chi connectivity index (χ0) is 14.1. The fraction of sp³-hybridized carbons (Fsp3) is 0.727. The van der Waals surface area contributed by atoms with E-state index in [0.717, 1.165) is 0 Å². The van der Waals surface area contributed by atoms with Gasteiger partial charge >= 0.3 is 6.01 Å². The van der Waals surface area contributed by atoms with Crippen LogP contribution in [0.25, 0.3) is 0 Å². The third-order valence-corrected chi connectivity index (χ3v) is 2.29. The maximum absolute atomic E-state index is 5.27. The molecular weight excluding hydrogens is 250 g/mol. The first kappa shape index (κ1) is 15.4. The van der Waals surface area contributed by atoms with Crippen molar-refractivity contribution < 1.29 is 14.2 Å². The molecule has 1 heterocycles. The summed E-state index contributed by atoms with van der Waals surface area (Å²) in [5.41, 5.74) is 0. The highest BCUT2D eigenvalue weighted by molar-refractivity contribution is 5.35. The minimum Gasteiger partial charge on any atom is -0.464 e. The molecule has 0 aromatic carbocycles. The Morgan fingerprint density at radius 2 is 1.89 bits per heavy atom. The van der Waals surface area contributed by atoms with Crippen LogP contribution in [0.1, 0.15) is 6.92 Å². The molecule has 1 atom stereocenters. The highest BCUT2D eigenvalue weighted by Crippen LogP contribution is 2.10. The lowest BCUT2D eigenvalue weighted by Crippen LogP contribution is -2.27. The van der Waals surface area contributed by atoms with Gasteiger partial charge in [-0.2, -0.15) is 15.0 Å². The summed E-state index contributed by atoms with van der Waals surface area (Å²) in [7, 11) is 4.99. The molecule has 1 rings (SSSR count). The quantitative estimate of drug-likeness (QED) is 0.666. The summed E-state index contributed by atoms with van der Waals surface area (Å²) in [6, 6.07) is 0.282. The number of ether oxygens (including phenoxy) is 3. The van der Waals surface area contributed by atoms with Crippen molar-refractivity contribution in [2.24, 2.45) is 0 Å². The smallest absolute Gasteiger partial charge is 0.323 e. The Balaban J connectivity index is 2.67. The SMILES string of the molecule is CCOc1nc(NC)nc(NCC(COC)OC)n1. The number of rotatable bonds is 9. The Morgan fingerprint density at radius 3 is 2.47 bits per heavy atom. The Labute approximate surface area is 112 Å². The molecule has 8 nitrogen and oxygen atoms in total. The van der Waals surface area contributed by atoms with Crippen molar-refractivity contribution >= 4 is 11.9 Å². The molecule has 2 N–H and O–H groups in total. The number of aromatic nitrogens is 3. The van der Waals surface area contributed by atoms with Crippen LogP contribution in [0.2, 0.25) is 0 Å². The molecule has 8 heteroatoms. The van der Waals surface area contributed by atoms with Gasteiger partial charge in [-0.1, -0.05) is 0 Å². The van der Waals surface area contributed by atoms with E-state index in [4.69, 9.17) is 14.2 Å². The van der Waals surface area contributed by atoms with Crippen LogP contribution in [0.15, 0.2) is 0 Å². The number of hydrogen-bond acceptors (Lipinski definition) is 8. The van der Waals surface area contributed by atoms with Crippen LogP contribution in [-0.4, -0.2) is 62.1 Å². The van der Waals surface area contributed by atoms with Gasteiger partial charge < -0.3 is 24.8 Å². The zero-order valence-corrected chi connectivity index (χ0v) is 11.8. The van der Waals surface area contributed by atoms with Crippen LogP contribution < -0.4 is 15.4 Å². The van der Waals surface area contributed by atoms with Crippen LogP contribution in [0, 0.1) is 0 Å². The largest absolute Gasteiger partial charge is 0.464 e. The third kappa shape index (κ3) is 5.23. The number of methoxy groups -OCH3 is 2. The summed E-state index contributed by atoms with van der Waals surface area (Å²) >= 11 is 0. The molecule has 0 saturated heterocycles. The first-order chi connectivity index (χ1) is 9.23. The molecule has 0 radical (unpaired) electrons. The Hall–Kier alpha value is -1.67. The number of hydrogen-bond donors (Lipinski definition) is 2. The van der Waals surface area contributed by atoms with Gasteiger partial charge in [-0.25, -0.2) is 0 Å². The van der Waals surface area contributed by atoms with Crippen molar-refractivity contribution in [3.05, 3.63) is 0 Å². The monoisotopic (exact) mass is 271 g/mol. The van der Waals surface area contributed by atoms with Gasteiger partial charge in [-0.05, 0) is 6.92 Å². The van der Waals surface area contributed by atoms with Crippen molar-refractivity contribution in [1.29, 1.82) is 0 Å². The molecule has 1 aromatic heterocycles. The van der Waals surface area contributed by atoms with E-state index in [9.17, 15) is 0 Å². The van der Waals surface area contributed by atoms with Gasteiger partial charge in [0.25, 0.3) is 0 Å². The Kier molecular flexibility index (Phi) is 6.83. The highest BCUT2D eigenvalue weighted by Gasteiger charge is 2.10. The normalized spacial score (nSPS) is 12.0. The van der Waals surface area contributed by atoms with Gasteiger partial charge in [0, 0.05) is 27.8 Å². The summed E-state index contributed by atoms with van der Waals surface area (Å²) in [5, 5.41) is 5.92. The first-order valence-corrected chi connectivity index (χ1v) is 6.05. The Bertz CT molecular complexity index is 377. The fourth-order valence-electron chi connectivity index (χ4n) is 1.34. The van der Waals surface area contributed by atoms with Gasteiger partial charge in [0.1, 0.15) is 0 Å². The van der Waals surface area contributed by atoms with Crippen LogP contribution in [0.5, 0.6) is 6.01 Å². The maximum atomic E-state index is 5.27.